The van der Waals surface area contributed by atoms with Gasteiger partial charge in [-0.25, -0.2) is 8.42 Å². The number of benzene rings is 1. The zero-order chi connectivity index (χ0) is 19.4. The van der Waals surface area contributed by atoms with Crippen LogP contribution in [0, 0.1) is 0 Å². The summed E-state index contributed by atoms with van der Waals surface area (Å²) in [5, 5.41) is 2.49. The van der Waals surface area contributed by atoms with Crippen LogP contribution in [0.2, 0.25) is 0 Å². The van der Waals surface area contributed by atoms with Crippen LogP contribution in [0.3, 0.4) is 0 Å². The monoisotopic (exact) mass is 387 g/mol. The van der Waals surface area contributed by atoms with E-state index in [1.165, 1.54) is 12.3 Å². The van der Waals surface area contributed by atoms with Gasteiger partial charge in [0.2, 0.25) is 15.9 Å². The molecule has 0 aliphatic rings. The van der Waals surface area contributed by atoms with Gasteiger partial charge in [0.25, 0.3) is 0 Å². The van der Waals surface area contributed by atoms with Crippen LogP contribution in [0.1, 0.15) is 11.3 Å². The van der Waals surface area contributed by atoms with Gasteiger partial charge in [-0.2, -0.15) is 13.2 Å². The highest BCUT2D eigenvalue weighted by Gasteiger charge is 2.31. The van der Waals surface area contributed by atoms with Crippen LogP contribution >= 0.6 is 0 Å². The number of carbonyl (C=O) groups is 1. The Kier molecular flexibility index (Phi) is 5.86. The van der Waals surface area contributed by atoms with Crippen LogP contribution in [0.4, 0.5) is 18.9 Å². The number of alkyl halides is 3. The molecule has 0 aliphatic heterocycles. The van der Waals surface area contributed by atoms with E-state index in [4.69, 9.17) is 0 Å². The molecule has 2 aromatic rings. The van der Waals surface area contributed by atoms with Crippen LogP contribution in [-0.4, -0.2) is 32.1 Å². The Morgan fingerprint density at radius 3 is 2.50 bits per heavy atom. The second-order valence-corrected chi connectivity index (χ2v) is 7.32. The molecule has 0 fully saturated rings. The van der Waals surface area contributed by atoms with Crippen molar-refractivity contribution >= 4 is 21.6 Å². The molecule has 0 spiro atoms. The van der Waals surface area contributed by atoms with Gasteiger partial charge in [0.1, 0.15) is 6.54 Å². The number of nitrogens with one attached hydrogen (secondary N) is 1. The Balaban J connectivity index is 2.17. The third kappa shape index (κ3) is 5.45. The largest absolute Gasteiger partial charge is 0.416 e. The molecular weight excluding hydrogens is 371 g/mol. The Bertz CT molecular complexity index is 871. The fraction of sp³-hybridized carbons (Fsp3) is 0.250. The molecule has 140 valence electrons. The van der Waals surface area contributed by atoms with Crippen LogP contribution in [0.15, 0.2) is 48.7 Å². The van der Waals surface area contributed by atoms with E-state index < -0.39 is 34.2 Å². The summed E-state index contributed by atoms with van der Waals surface area (Å²) < 4.78 is 63.1. The summed E-state index contributed by atoms with van der Waals surface area (Å²) in [5.41, 5.74) is -0.682. The molecule has 6 nitrogen and oxygen atoms in total. The molecular formula is C16H16F3N3O3S. The Hall–Kier alpha value is -2.62. The Morgan fingerprint density at radius 2 is 1.92 bits per heavy atom. The minimum absolute atomic E-state index is 0.0693. The molecule has 0 aliphatic carbocycles. The maximum atomic E-state index is 12.8. The quantitative estimate of drug-likeness (QED) is 0.824. The van der Waals surface area contributed by atoms with E-state index in [1.54, 1.807) is 18.2 Å². The summed E-state index contributed by atoms with van der Waals surface area (Å²) in [6.45, 7) is -0.577. The molecule has 0 saturated heterocycles. The molecule has 0 radical (unpaired) electrons. The van der Waals surface area contributed by atoms with E-state index >= 15 is 0 Å². The Labute approximate surface area is 148 Å². The van der Waals surface area contributed by atoms with Gasteiger partial charge in [-0.15, -0.1) is 0 Å². The average Bonchev–Trinajstić information content (AvgIpc) is 2.57. The highest BCUT2D eigenvalue weighted by Crippen LogP contribution is 2.32. The first-order chi connectivity index (χ1) is 12.1. The van der Waals surface area contributed by atoms with E-state index in [0.29, 0.717) is 16.1 Å². The van der Waals surface area contributed by atoms with Crippen molar-refractivity contribution in [2.75, 3.05) is 17.1 Å². The van der Waals surface area contributed by atoms with E-state index in [-0.39, 0.29) is 12.2 Å². The van der Waals surface area contributed by atoms with Gasteiger partial charge < -0.3 is 5.32 Å². The summed E-state index contributed by atoms with van der Waals surface area (Å²) in [4.78, 5) is 16.1. The zero-order valence-electron chi connectivity index (χ0n) is 13.7. The standard InChI is InChI=1S/C16H16F3N3O3S/c1-26(24,25)22(14-7-4-5-12(9-14)16(17,18)19)11-15(23)21-10-13-6-2-3-8-20-13/h2-9H,10-11H2,1H3,(H,21,23). The number of hydrogen-bond acceptors (Lipinski definition) is 4. The number of anilines is 1. The van der Waals surface area contributed by atoms with Gasteiger partial charge in [-0.05, 0) is 30.3 Å². The molecule has 1 aromatic heterocycles. The van der Waals surface area contributed by atoms with Crippen LogP contribution < -0.4 is 9.62 Å². The van der Waals surface area contributed by atoms with Crippen molar-refractivity contribution in [2.45, 2.75) is 12.7 Å². The van der Waals surface area contributed by atoms with Crippen LogP contribution in [0.25, 0.3) is 0 Å². The van der Waals surface area contributed by atoms with Crippen molar-refractivity contribution in [2.24, 2.45) is 0 Å². The maximum Gasteiger partial charge on any atom is 0.416 e. The average molecular weight is 387 g/mol. The van der Waals surface area contributed by atoms with E-state index in [2.05, 4.69) is 10.3 Å². The SMILES string of the molecule is CS(=O)(=O)N(CC(=O)NCc1ccccn1)c1cccc(C(F)(F)F)c1. The number of aromatic nitrogens is 1. The lowest BCUT2D eigenvalue weighted by atomic mass is 10.2. The summed E-state index contributed by atoms with van der Waals surface area (Å²) >= 11 is 0. The molecule has 2 rings (SSSR count). The van der Waals surface area contributed by atoms with Crippen molar-refractivity contribution in [3.05, 3.63) is 59.9 Å². The number of carbonyl (C=O) groups excluding carboxylic acids is 1. The molecule has 0 saturated carbocycles. The fourth-order valence-electron chi connectivity index (χ4n) is 2.12. The number of hydrogen-bond donors (Lipinski definition) is 1. The first kappa shape index (κ1) is 19.7. The normalized spacial score (nSPS) is 11.8. The number of nitrogens with zero attached hydrogens (tertiary/aromatic N) is 2. The van der Waals surface area contributed by atoms with Gasteiger partial charge in [0.05, 0.1) is 29.7 Å². The molecule has 1 amide bonds. The first-order valence-corrected chi connectivity index (χ1v) is 9.24. The minimum atomic E-state index is -4.62. The third-order valence-corrected chi connectivity index (χ3v) is 4.48. The molecule has 26 heavy (non-hydrogen) atoms. The van der Waals surface area contributed by atoms with Crippen LogP contribution in [0.5, 0.6) is 0 Å². The van der Waals surface area contributed by atoms with Gasteiger partial charge in [0.15, 0.2) is 0 Å². The van der Waals surface area contributed by atoms with Gasteiger partial charge >= 0.3 is 6.18 Å². The smallest absolute Gasteiger partial charge is 0.349 e. The minimum Gasteiger partial charge on any atom is -0.349 e. The molecule has 1 heterocycles. The van der Waals surface area contributed by atoms with Crippen molar-refractivity contribution in [1.82, 2.24) is 10.3 Å². The second kappa shape index (κ2) is 7.73. The summed E-state index contributed by atoms with van der Waals surface area (Å²) in [6, 6.07) is 8.88. The highest BCUT2D eigenvalue weighted by atomic mass is 32.2. The van der Waals surface area contributed by atoms with E-state index in [0.717, 1.165) is 18.4 Å². The molecule has 1 N–H and O–H groups in total. The number of sulfonamides is 1. The number of halogens is 3. The second-order valence-electron chi connectivity index (χ2n) is 5.42. The van der Waals surface area contributed by atoms with E-state index in [1.807, 2.05) is 0 Å². The van der Waals surface area contributed by atoms with Gasteiger partial charge in [-0.3, -0.25) is 14.1 Å². The lowest BCUT2D eigenvalue weighted by Gasteiger charge is -2.22. The van der Waals surface area contributed by atoms with Crippen molar-refractivity contribution in [1.29, 1.82) is 0 Å². The van der Waals surface area contributed by atoms with Crippen LogP contribution in [-0.2, 0) is 27.5 Å². The van der Waals surface area contributed by atoms with Gasteiger partial charge in [-0.1, -0.05) is 12.1 Å². The van der Waals surface area contributed by atoms with Crippen molar-refractivity contribution in [3.63, 3.8) is 0 Å². The predicted octanol–water partition coefficient (Wildman–Crippen LogP) is 2.18. The van der Waals surface area contributed by atoms with E-state index in [9.17, 15) is 26.4 Å². The maximum absolute atomic E-state index is 12.8. The summed E-state index contributed by atoms with van der Waals surface area (Å²) in [5.74, 6) is -0.668. The number of pyridine rings is 1. The molecule has 0 unspecified atom stereocenters. The molecule has 0 atom stereocenters. The third-order valence-electron chi connectivity index (χ3n) is 3.34. The van der Waals surface area contributed by atoms with Crippen molar-refractivity contribution < 1.29 is 26.4 Å². The molecule has 10 heteroatoms. The predicted molar refractivity (Wildman–Crippen MR) is 89.7 cm³/mol. The Morgan fingerprint density at radius 1 is 1.19 bits per heavy atom. The molecule has 1 aromatic carbocycles. The first-order valence-electron chi connectivity index (χ1n) is 7.39. The lowest BCUT2D eigenvalue weighted by molar-refractivity contribution is -0.137. The van der Waals surface area contributed by atoms with Gasteiger partial charge in [0, 0.05) is 6.20 Å². The summed E-state index contributed by atoms with van der Waals surface area (Å²) in [6.07, 6.45) is -2.27. The highest BCUT2D eigenvalue weighted by molar-refractivity contribution is 7.92. The van der Waals surface area contributed by atoms with Crippen molar-refractivity contribution in [3.8, 4) is 0 Å². The lowest BCUT2D eigenvalue weighted by Crippen LogP contribution is -2.40. The summed E-state index contributed by atoms with van der Waals surface area (Å²) in [7, 11) is -3.97. The zero-order valence-corrected chi connectivity index (χ0v) is 14.5. The number of amides is 1. The molecule has 0 bridgehead atoms. The topological polar surface area (TPSA) is 79.4 Å². The number of rotatable bonds is 6. The fourth-order valence-corrected chi connectivity index (χ4v) is 2.96.